The van der Waals surface area contributed by atoms with Gasteiger partial charge in [-0.15, -0.1) is 0 Å². The molecule has 1 aromatic rings. The van der Waals surface area contributed by atoms with E-state index in [4.69, 9.17) is 0 Å². The summed E-state index contributed by atoms with van der Waals surface area (Å²) in [5, 5.41) is 9.81. The molecule has 5 heteroatoms. The largest absolute Gasteiger partial charge is 0.346 e. The molecule has 2 aliphatic carbocycles. The van der Waals surface area contributed by atoms with Crippen LogP contribution >= 0.6 is 0 Å². The number of carbonyl (C=O) groups excluding carboxylic acids is 1. The molecular formula is C13H20N4O. The van der Waals surface area contributed by atoms with E-state index in [0.717, 1.165) is 24.6 Å². The Kier molecular flexibility index (Phi) is 3.06. The van der Waals surface area contributed by atoms with E-state index in [1.54, 1.807) is 0 Å². The number of H-pyrrole nitrogens is 1. The molecule has 0 aliphatic heterocycles. The molecule has 98 valence electrons. The number of hydrogen-bond donors (Lipinski definition) is 2. The molecule has 0 saturated heterocycles. The molecule has 0 unspecified atom stereocenters. The molecule has 2 N–H and O–H groups in total. The molecule has 4 atom stereocenters. The maximum absolute atomic E-state index is 12.3. The zero-order valence-corrected chi connectivity index (χ0v) is 10.7. The van der Waals surface area contributed by atoms with Gasteiger partial charge in [0, 0.05) is 5.92 Å². The molecule has 2 aliphatic rings. The zero-order chi connectivity index (χ0) is 12.5. The van der Waals surface area contributed by atoms with Gasteiger partial charge < -0.3 is 5.32 Å². The van der Waals surface area contributed by atoms with Crippen molar-refractivity contribution in [3.8, 4) is 0 Å². The van der Waals surface area contributed by atoms with Crippen LogP contribution in [0.25, 0.3) is 0 Å². The van der Waals surface area contributed by atoms with Crippen molar-refractivity contribution in [1.82, 2.24) is 20.5 Å². The normalized spacial score (nSPS) is 31.5. The lowest BCUT2D eigenvalue weighted by molar-refractivity contribution is -0.127. The average molecular weight is 248 g/mol. The first-order chi connectivity index (χ1) is 8.78. The fraction of sp³-hybridized carbons (Fsp3) is 0.769. The first kappa shape index (κ1) is 11.7. The number of carbonyl (C=O) groups is 1. The highest BCUT2D eigenvalue weighted by atomic mass is 16.2. The highest BCUT2D eigenvalue weighted by molar-refractivity contribution is 5.79. The van der Waals surface area contributed by atoms with Crippen molar-refractivity contribution in [3.05, 3.63) is 12.2 Å². The lowest BCUT2D eigenvalue weighted by atomic mass is 9.88. The first-order valence-electron chi connectivity index (χ1n) is 6.93. The van der Waals surface area contributed by atoms with Crippen LogP contribution in [0.3, 0.4) is 0 Å². The van der Waals surface area contributed by atoms with Crippen molar-refractivity contribution in [2.75, 3.05) is 0 Å². The fourth-order valence-electron chi connectivity index (χ4n) is 3.59. The minimum Gasteiger partial charge on any atom is -0.346 e. The quantitative estimate of drug-likeness (QED) is 0.853. The van der Waals surface area contributed by atoms with E-state index >= 15 is 0 Å². The summed E-state index contributed by atoms with van der Waals surface area (Å²) in [6.07, 6.45) is 7.24. The Morgan fingerprint density at radius 1 is 1.56 bits per heavy atom. The third kappa shape index (κ3) is 2.02. The first-order valence-corrected chi connectivity index (χ1v) is 6.93. The second kappa shape index (κ2) is 4.71. The average Bonchev–Trinajstić information content (AvgIpc) is 3.10. The van der Waals surface area contributed by atoms with Crippen molar-refractivity contribution < 1.29 is 4.79 Å². The predicted molar refractivity (Wildman–Crippen MR) is 66.5 cm³/mol. The number of nitrogens with one attached hydrogen (secondary N) is 2. The Morgan fingerprint density at radius 3 is 3.00 bits per heavy atom. The van der Waals surface area contributed by atoms with Crippen molar-refractivity contribution >= 4 is 5.91 Å². The van der Waals surface area contributed by atoms with Gasteiger partial charge in [0.15, 0.2) is 0 Å². The van der Waals surface area contributed by atoms with Gasteiger partial charge in [-0.05, 0) is 37.5 Å². The van der Waals surface area contributed by atoms with Crippen LogP contribution in [0.5, 0.6) is 0 Å². The van der Waals surface area contributed by atoms with Crippen LogP contribution in [-0.4, -0.2) is 21.1 Å². The zero-order valence-electron chi connectivity index (χ0n) is 10.7. The summed E-state index contributed by atoms with van der Waals surface area (Å²) in [5.41, 5.74) is 0. The van der Waals surface area contributed by atoms with Gasteiger partial charge in [-0.2, -0.15) is 5.10 Å². The van der Waals surface area contributed by atoms with Crippen molar-refractivity contribution in [3.63, 3.8) is 0 Å². The molecule has 2 fully saturated rings. The lowest BCUT2D eigenvalue weighted by Gasteiger charge is -2.23. The number of aromatic nitrogens is 3. The number of fused-ring (bicyclic) bond motifs is 2. The van der Waals surface area contributed by atoms with Crippen LogP contribution in [0, 0.1) is 17.8 Å². The summed E-state index contributed by atoms with van der Waals surface area (Å²) in [7, 11) is 0. The van der Waals surface area contributed by atoms with Crippen molar-refractivity contribution in [2.24, 2.45) is 17.8 Å². The number of aromatic amines is 1. The summed E-state index contributed by atoms with van der Waals surface area (Å²) in [6, 6.07) is -0.0286. The molecule has 0 aromatic carbocycles. The molecule has 1 amide bonds. The highest BCUT2D eigenvalue weighted by Crippen LogP contribution is 2.48. The number of hydrogen-bond acceptors (Lipinski definition) is 3. The van der Waals surface area contributed by atoms with Crippen LogP contribution in [0.1, 0.15) is 50.9 Å². The Labute approximate surface area is 107 Å². The van der Waals surface area contributed by atoms with E-state index in [-0.39, 0.29) is 17.9 Å². The number of nitrogens with zero attached hydrogens (tertiary/aromatic N) is 2. The fourth-order valence-corrected chi connectivity index (χ4v) is 3.59. The Hall–Kier alpha value is -1.39. The number of rotatable bonds is 4. The minimum atomic E-state index is -0.0286. The summed E-state index contributed by atoms with van der Waals surface area (Å²) in [6.45, 7) is 2.05. The third-order valence-corrected chi connectivity index (χ3v) is 4.56. The second-order valence-electron chi connectivity index (χ2n) is 5.62. The molecular weight excluding hydrogens is 228 g/mol. The summed E-state index contributed by atoms with van der Waals surface area (Å²) in [5.74, 6) is 2.64. The Bertz CT molecular complexity index is 417. The van der Waals surface area contributed by atoms with Crippen LogP contribution in [0.2, 0.25) is 0 Å². The van der Waals surface area contributed by atoms with Gasteiger partial charge in [0.05, 0.1) is 6.04 Å². The van der Waals surface area contributed by atoms with Gasteiger partial charge in [-0.3, -0.25) is 9.89 Å². The van der Waals surface area contributed by atoms with E-state index in [1.165, 1.54) is 25.6 Å². The van der Waals surface area contributed by atoms with Gasteiger partial charge in [0.25, 0.3) is 0 Å². The summed E-state index contributed by atoms with van der Waals surface area (Å²) in [4.78, 5) is 16.5. The summed E-state index contributed by atoms with van der Waals surface area (Å²) < 4.78 is 0. The molecule has 2 saturated carbocycles. The van der Waals surface area contributed by atoms with E-state index in [0.29, 0.717) is 5.92 Å². The molecule has 5 nitrogen and oxygen atoms in total. The van der Waals surface area contributed by atoms with E-state index in [2.05, 4.69) is 20.5 Å². The van der Waals surface area contributed by atoms with Gasteiger partial charge in [-0.1, -0.05) is 13.3 Å². The molecule has 18 heavy (non-hydrogen) atoms. The van der Waals surface area contributed by atoms with Gasteiger partial charge in [-0.25, -0.2) is 4.98 Å². The third-order valence-electron chi connectivity index (χ3n) is 4.56. The van der Waals surface area contributed by atoms with Crippen LogP contribution in [0.15, 0.2) is 6.33 Å². The Balaban J connectivity index is 1.63. The van der Waals surface area contributed by atoms with Crippen LogP contribution in [-0.2, 0) is 4.79 Å². The van der Waals surface area contributed by atoms with Gasteiger partial charge in [0.1, 0.15) is 12.2 Å². The molecule has 3 rings (SSSR count). The van der Waals surface area contributed by atoms with Crippen molar-refractivity contribution in [2.45, 2.75) is 45.1 Å². The standard InChI is InChI=1S/C13H20N4O/c1-2-11(12-14-7-15-17-12)16-13(18)10-6-8-3-4-9(10)5-8/h7-11H,2-6H2,1H3,(H,16,18)(H,14,15,17)/t8-,9-,10-,11+/m0/s1. The monoisotopic (exact) mass is 248 g/mol. The van der Waals surface area contributed by atoms with E-state index in [1.807, 2.05) is 6.92 Å². The smallest absolute Gasteiger partial charge is 0.223 e. The predicted octanol–water partition coefficient (Wildman–Crippen LogP) is 1.81. The topological polar surface area (TPSA) is 70.7 Å². The summed E-state index contributed by atoms with van der Waals surface area (Å²) >= 11 is 0. The molecule has 1 aromatic heterocycles. The lowest BCUT2D eigenvalue weighted by Crippen LogP contribution is -2.36. The SMILES string of the molecule is CC[C@@H](NC(=O)[C@H]1C[C@H]2CC[C@H]1C2)c1ncn[nH]1. The number of amides is 1. The van der Waals surface area contributed by atoms with E-state index in [9.17, 15) is 4.79 Å². The Morgan fingerprint density at radius 2 is 2.44 bits per heavy atom. The van der Waals surface area contributed by atoms with E-state index < -0.39 is 0 Å². The molecule has 2 bridgehead atoms. The van der Waals surface area contributed by atoms with Crippen LogP contribution < -0.4 is 5.32 Å². The molecule has 0 spiro atoms. The van der Waals surface area contributed by atoms with Gasteiger partial charge in [0.2, 0.25) is 5.91 Å². The maximum atomic E-state index is 12.3. The molecule has 0 radical (unpaired) electrons. The highest BCUT2D eigenvalue weighted by Gasteiger charge is 2.43. The maximum Gasteiger partial charge on any atom is 0.223 e. The molecule has 1 heterocycles. The minimum absolute atomic E-state index is 0.0286. The second-order valence-corrected chi connectivity index (χ2v) is 5.62. The van der Waals surface area contributed by atoms with Crippen molar-refractivity contribution in [1.29, 1.82) is 0 Å². The van der Waals surface area contributed by atoms with Crippen LogP contribution in [0.4, 0.5) is 0 Å². The van der Waals surface area contributed by atoms with Gasteiger partial charge >= 0.3 is 0 Å².